The number of anilines is 2. The van der Waals surface area contributed by atoms with Crippen LogP contribution in [0.2, 0.25) is 0 Å². The van der Waals surface area contributed by atoms with Gasteiger partial charge in [0.05, 0.1) is 0 Å². The van der Waals surface area contributed by atoms with E-state index in [9.17, 15) is 9.59 Å². The molecule has 0 spiro atoms. The Balaban J connectivity index is 1.69. The number of rotatable bonds is 5. The summed E-state index contributed by atoms with van der Waals surface area (Å²) in [5, 5.41) is 2.92. The third kappa shape index (κ3) is 4.37. The predicted molar refractivity (Wildman–Crippen MR) is 109 cm³/mol. The Bertz CT molecular complexity index is 860. The summed E-state index contributed by atoms with van der Waals surface area (Å²) < 4.78 is 0. The van der Waals surface area contributed by atoms with Gasteiger partial charge in [0.15, 0.2) is 0 Å². The second-order valence-corrected chi connectivity index (χ2v) is 7.53. The Labute approximate surface area is 161 Å². The van der Waals surface area contributed by atoms with Crippen LogP contribution in [-0.2, 0) is 16.1 Å². The molecule has 1 N–H and O–H groups in total. The van der Waals surface area contributed by atoms with Crippen LogP contribution in [0.4, 0.5) is 11.4 Å². The van der Waals surface area contributed by atoms with Crippen molar-refractivity contribution in [2.75, 3.05) is 30.9 Å². The minimum Gasteiger partial charge on any atom is -0.325 e. The maximum Gasteiger partial charge on any atom is 0.239 e. The van der Waals surface area contributed by atoms with Gasteiger partial charge in [-0.05, 0) is 75.3 Å². The molecule has 1 heterocycles. The fraction of sp³-hybridized carbons (Fsp3) is 0.364. The molecule has 27 heavy (non-hydrogen) atoms. The molecule has 0 radical (unpaired) electrons. The molecule has 0 saturated carbocycles. The van der Waals surface area contributed by atoms with Gasteiger partial charge in [-0.2, -0.15) is 0 Å². The summed E-state index contributed by atoms with van der Waals surface area (Å²) in [5.74, 6) is -0.988. The van der Waals surface area contributed by atoms with Gasteiger partial charge in [-0.25, -0.2) is 0 Å². The Kier molecular flexibility index (Phi) is 5.61. The molecule has 1 atom stereocenters. The van der Waals surface area contributed by atoms with Crippen LogP contribution in [0.3, 0.4) is 0 Å². The minimum absolute atomic E-state index is 0.125. The van der Waals surface area contributed by atoms with Crippen molar-refractivity contribution in [2.45, 2.75) is 26.8 Å². The number of hydrogen-bond donors (Lipinski definition) is 1. The van der Waals surface area contributed by atoms with Crippen molar-refractivity contribution in [3.05, 3.63) is 59.2 Å². The van der Waals surface area contributed by atoms with Crippen molar-refractivity contribution in [3.63, 3.8) is 0 Å². The Morgan fingerprint density at radius 1 is 1.15 bits per heavy atom. The molecule has 142 valence electrons. The van der Waals surface area contributed by atoms with Crippen LogP contribution >= 0.6 is 0 Å². The standard InChI is InChI=1S/C22H27N3O2/c1-15-8-9-19(12-16(15)2)25-11-10-20(22(25)27)21(26)23-18-7-5-6-17(13-18)14-24(3)4/h5-9,12-13,20H,10-11,14H2,1-4H3,(H,23,26). The number of nitrogens with zero attached hydrogens (tertiary/aromatic N) is 2. The summed E-state index contributed by atoms with van der Waals surface area (Å²) in [6, 6.07) is 13.7. The monoisotopic (exact) mass is 365 g/mol. The van der Waals surface area contributed by atoms with E-state index in [0.717, 1.165) is 29.0 Å². The first-order valence-corrected chi connectivity index (χ1v) is 9.28. The molecule has 0 aromatic heterocycles. The lowest BCUT2D eigenvalue weighted by molar-refractivity contribution is -0.129. The van der Waals surface area contributed by atoms with Crippen LogP contribution in [0.15, 0.2) is 42.5 Å². The summed E-state index contributed by atoms with van der Waals surface area (Å²) in [4.78, 5) is 29.3. The zero-order chi connectivity index (χ0) is 19.6. The van der Waals surface area contributed by atoms with Gasteiger partial charge >= 0.3 is 0 Å². The van der Waals surface area contributed by atoms with E-state index in [0.29, 0.717) is 13.0 Å². The van der Waals surface area contributed by atoms with Crippen LogP contribution in [0.25, 0.3) is 0 Å². The molecule has 5 heteroatoms. The summed E-state index contributed by atoms with van der Waals surface area (Å²) >= 11 is 0. The molecular weight excluding hydrogens is 338 g/mol. The molecule has 1 fully saturated rings. The molecule has 2 aromatic carbocycles. The summed E-state index contributed by atoms with van der Waals surface area (Å²) in [6.45, 7) is 5.45. The van der Waals surface area contributed by atoms with E-state index in [1.165, 1.54) is 5.56 Å². The largest absolute Gasteiger partial charge is 0.325 e. The second-order valence-electron chi connectivity index (χ2n) is 7.53. The lowest BCUT2D eigenvalue weighted by Gasteiger charge is -2.18. The zero-order valence-corrected chi connectivity index (χ0v) is 16.5. The van der Waals surface area contributed by atoms with E-state index in [-0.39, 0.29) is 11.8 Å². The molecule has 3 rings (SSSR count). The highest BCUT2D eigenvalue weighted by atomic mass is 16.2. The fourth-order valence-corrected chi connectivity index (χ4v) is 3.42. The van der Waals surface area contributed by atoms with E-state index < -0.39 is 5.92 Å². The van der Waals surface area contributed by atoms with Crippen molar-refractivity contribution in [1.82, 2.24) is 4.90 Å². The Morgan fingerprint density at radius 2 is 1.93 bits per heavy atom. The first-order valence-electron chi connectivity index (χ1n) is 9.28. The van der Waals surface area contributed by atoms with Crippen molar-refractivity contribution < 1.29 is 9.59 Å². The van der Waals surface area contributed by atoms with Crippen molar-refractivity contribution in [1.29, 1.82) is 0 Å². The molecule has 0 bridgehead atoms. The van der Waals surface area contributed by atoms with Crippen LogP contribution in [0.1, 0.15) is 23.1 Å². The van der Waals surface area contributed by atoms with Crippen molar-refractivity contribution >= 4 is 23.2 Å². The van der Waals surface area contributed by atoms with Crippen LogP contribution < -0.4 is 10.2 Å². The van der Waals surface area contributed by atoms with Gasteiger partial charge in [-0.15, -0.1) is 0 Å². The van der Waals surface area contributed by atoms with E-state index in [1.807, 2.05) is 70.4 Å². The normalized spacial score (nSPS) is 16.9. The second kappa shape index (κ2) is 7.92. The average Bonchev–Trinajstić information content (AvgIpc) is 2.99. The molecule has 2 amide bonds. The molecule has 1 unspecified atom stereocenters. The van der Waals surface area contributed by atoms with Crippen molar-refractivity contribution in [3.8, 4) is 0 Å². The van der Waals surface area contributed by atoms with Gasteiger partial charge in [0.25, 0.3) is 0 Å². The van der Waals surface area contributed by atoms with Gasteiger partial charge in [-0.1, -0.05) is 18.2 Å². The number of aryl methyl sites for hydroxylation is 2. The van der Waals surface area contributed by atoms with E-state index in [2.05, 4.69) is 10.2 Å². The summed E-state index contributed by atoms with van der Waals surface area (Å²) in [7, 11) is 4.01. The van der Waals surface area contributed by atoms with E-state index in [4.69, 9.17) is 0 Å². The first kappa shape index (κ1) is 19.1. The molecule has 1 aliphatic heterocycles. The maximum atomic E-state index is 12.8. The Morgan fingerprint density at radius 3 is 2.63 bits per heavy atom. The highest BCUT2D eigenvalue weighted by molar-refractivity contribution is 6.13. The van der Waals surface area contributed by atoms with Crippen LogP contribution in [0, 0.1) is 19.8 Å². The number of benzene rings is 2. The SMILES string of the molecule is Cc1ccc(N2CCC(C(=O)Nc3cccc(CN(C)C)c3)C2=O)cc1C. The van der Waals surface area contributed by atoms with Crippen LogP contribution in [-0.4, -0.2) is 37.4 Å². The highest BCUT2D eigenvalue weighted by Gasteiger charge is 2.37. The molecule has 1 aliphatic rings. The van der Waals surface area contributed by atoms with Gasteiger partial charge in [0, 0.05) is 24.5 Å². The van der Waals surface area contributed by atoms with E-state index in [1.54, 1.807) is 4.90 Å². The Hall–Kier alpha value is -2.66. The maximum absolute atomic E-state index is 12.8. The third-order valence-corrected chi connectivity index (χ3v) is 5.02. The number of carbonyl (C=O) groups is 2. The zero-order valence-electron chi connectivity index (χ0n) is 16.5. The first-order chi connectivity index (χ1) is 12.8. The number of amides is 2. The number of nitrogens with one attached hydrogen (secondary N) is 1. The molecule has 2 aromatic rings. The van der Waals surface area contributed by atoms with Gasteiger partial charge in [-0.3, -0.25) is 9.59 Å². The summed E-state index contributed by atoms with van der Waals surface area (Å²) in [5.41, 5.74) is 5.05. The quantitative estimate of drug-likeness (QED) is 0.827. The lowest BCUT2D eigenvalue weighted by atomic mass is 10.1. The topological polar surface area (TPSA) is 52.7 Å². The number of carbonyl (C=O) groups excluding carboxylic acids is 2. The fourth-order valence-electron chi connectivity index (χ4n) is 3.42. The molecule has 1 saturated heterocycles. The molecule has 0 aliphatic carbocycles. The van der Waals surface area contributed by atoms with E-state index >= 15 is 0 Å². The number of hydrogen-bond acceptors (Lipinski definition) is 3. The highest BCUT2D eigenvalue weighted by Crippen LogP contribution is 2.28. The third-order valence-electron chi connectivity index (χ3n) is 5.02. The minimum atomic E-state index is -0.635. The molecular formula is C22H27N3O2. The van der Waals surface area contributed by atoms with Gasteiger partial charge < -0.3 is 15.1 Å². The van der Waals surface area contributed by atoms with Gasteiger partial charge in [0.2, 0.25) is 11.8 Å². The average molecular weight is 365 g/mol. The van der Waals surface area contributed by atoms with Gasteiger partial charge in [0.1, 0.15) is 5.92 Å². The smallest absolute Gasteiger partial charge is 0.239 e. The summed E-state index contributed by atoms with van der Waals surface area (Å²) in [6.07, 6.45) is 0.537. The van der Waals surface area contributed by atoms with Crippen molar-refractivity contribution in [2.24, 2.45) is 5.92 Å². The van der Waals surface area contributed by atoms with Crippen LogP contribution in [0.5, 0.6) is 0 Å². The lowest BCUT2D eigenvalue weighted by Crippen LogP contribution is -2.33. The predicted octanol–water partition coefficient (Wildman–Crippen LogP) is 3.36. The molecule has 5 nitrogen and oxygen atoms in total.